The zero-order chi connectivity index (χ0) is 15.3. The van der Waals surface area contributed by atoms with Gasteiger partial charge in [0.2, 0.25) is 5.71 Å². The van der Waals surface area contributed by atoms with E-state index in [0.29, 0.717) is 6.07 Å². The van der Waals surface area contributed by atoms with Gasteiger partial charge in [-0.3, -0.25) is 5.43 Å². The molecular formula is C11H6F4N4O. The van der Waals surface area contributed by atoms with Gasteiger partial charge in [-0.2, -0.15) is 28.8 Å². The molecule has 0 aliphatic carbocycles. The molecule has 0 bridgehead atoms. The fourth-order valence-electron chi connectivity index (χ4n) is 1.19. The van der Waals surface area contributed by atoms with Crippen LogP contribution >= 0.6 is 0 Å². The molecule has 1 rings (SSSR count). The number of hydrogen-bond donors (Lipinski definition) is 1. The Morgan fingerprint density at radius 2 is 1.90 bits per heavy atom. The highest BCUT2D eigenvalue weighted by Crippen LogP contribution is 2.37. The Kier molecular flexibility index (Phi) is 4.49. The third-order valence-electron chi connectivity index (χ3n) is 2.09. The number of hydrogen-bond acceptors (Lipinski definition) is 5. The predicted octanol–water partition coefficient (Wildman–Crippen LogP) is 2.67. The summed E-state index contributed by atoms with van der Waals surface area (Å²) in [4.78, 5) is 0. The van der Waals surface area contributed by atoms with E-state index in [0.717, 1.165) is 13.2 Å². The van der Waals surface area contributed by atoms with Gasteiger partial charge >= 0.3 is 6.18 Å². The van der Waals surface area contributed by atoms with Crippen LogP contribution in [0.2, 0.25) is 0 Å². The van der Waals surface area contributed by atoms with E-state index in [1.54, 1.807) is 0 Å². The molecule has 0 unspecified atom stereocenters. The summed E-state index contributed by atoms with van der Waals surface area (Å²) in [5.41, 5.74) is -0.994. The Bertz CT molecular complexity index is 609. The van der Waals surface area contributed by atoms with Crippen molar-refractivity contribution in [1.82, 2.24) is 0 Å². The lowest BCUT2D eigenvalue weighted by molar-refractivity contribution is -0.140. The molecule has 20 heavy (non-hydrogen) atoms. The Labute approximate surface area is 110 Å². The largest absolute Gasteiger partial charge is 0.497 e. The summed E-state index contributed by atoms with van der Waals surface area (Å²) in [5.74, 6) is -1.87. The van der Waals surface area contributed by atoms with Crippen LogP contribution in [-0.2, 0) is 6.18 Å². The van der Waals surface area contributed by atoms with Crippen LogP contribution in [0.5, 0.6) is 5.75 Å². The number of ether oxygens (including phenoxy) is 1. The first-order valence-electron chi connectivity index (χ1n) is 4.92. The molecule has 0 amide bonds. The number of anilines is 1. The van der Waals surface area contributed by atoms with Gasteiger partial charge in [-0.1, -0.05) is 0 Å². The number of hydrazone groups is 1. The third kappa shape index (κ3) is 3.36. The van der Waals surface area contributed by atoms with Gasteiger partial charge in [-0.15, -0.1) is 0 Å². The van der Waals surface area contributed by atoms with Gasteiger partial charge in [-0.05, 0) is 6.07 Å². The van der Waals surface area contributed by atoms with Crippen molar-refractivity contribution >= 4 is 11.4 Å². The standard InChI is InChI=1S/C11H6F4N4O/c1-20-7-2-8(11(13,14)15)10(12)9(3-7)19-18-6(4-16)5-17/h2-3,19H,1H3. The smallest absolute Gasteiger partial charge is 0.419 e. The monoisotopic (exact) mass is 286 g/mol. The SMILES string of the molecule is COc1cc(NN=C(C#N)C#N)c(F)c(C(F)(F)F)c1. The van der Waals surface area contributed by atoms with Crippen LogP contribution in [0.1, 0.15) is 5.56 Å². The van der Waals surface area contributed by atoms with Gasteiger partial charge in [-0.25, -0.2) is 4.39 Å². The summed E-state index contributed by atoms with van der Waals surface area (Å²) in [6.45, 7) is 0. The maximum atomic E-state index is 13.7. The molecule has 0 fully saturated rings. The molecule has 9 heteroatoms. The van der Waals surface area contributed by atoms with E-state index in [4.69, 9.17) is 10.5 Å². The molecule has 0 saturated heterocycles. The Morgan fingerprint density at radius 3 is 2.35 bits per heavy atom. The highest BCUT2D eigenvalue weighted by Gasteiger charge is 2.36. The summed E-state index contributed by atoms with van der Waals surface area (Å²) in [6, 6.07) is 4.13. The molecule has 0 atom stereocenters. The van der Waals surface area contributed by atoms with E-state index in [1.807, 2.05) is 5.43 Å². The van der Waals surface area contributed by atoms with Gasteiger partial charge in [0.05, 0.1) is 18.4 Å². The normalized spacial score (nSPS) is 10.2. The molecule has 5 nitrogen and oxygen atoms in total. The number of halogens is 4. The molecule has 0 aliphatic rings. The quantitative estimate of drug-likeness (QED) is 0.526. The maximum Gasteiger partial charge on any atom is 0.419 e. The lowest BCUT2D eigenvalue weighted by atomic mass is 10.1. The second-order valence-corrected chi connectivity index (χ2v) is 3.33. The van der Waals surface area contributed by atoms with Crippen molar-refractivity contribution < 1.29 is 22.3 Å². The van der Waals surface area contributed by atoms with Gasteiger partial charge in [0, 0.05) is 6.07 Å². The molecule has 1 N–H and O–H groups in total. The van der Waals surface area contributed by atoms with Crippen molar-refractivity contribution in [3.05, 3.63) is 23.5 Å². The zero-order valence-electron chi connectivity index (χ0n) is 9.92. The number of nitriles is 2. The van der Waals surface area contributed by atoms with Gasteiger partial charge in [0.25, 0.3) is 0 Å². The summed E-state index contributed by atoms with van der Waals surface area (Å²) in [7, 11) is 1.11. The van der Waals surface area contributed by atoms with Crippen LogP contribution in [0.4, 0.5) is 23.2 Å². The lowest BCUT2D eigenvalue weighted by Gasteiger charge is -2.13. The van der Waals surface area contributed by atoms with E-state index < -0.39 is 29.0 Å². The zero-order valence-corrected chi connectivity index (χ0v) is 9.92. The van der Waals surface area contributed by atoms with Crippen molar-refractivity contribution in [2.75, 3.05) is 12.5 Å². The molecule has 0 spiro atoms. The first kappa shape index (κ1) is 15.2. The number of nitrogens with zero attached hydrogens (tertiary/aromatic N) is 3. The molecule has 1 aromatic rings. The average molecular weight is 286 g/mol. The van der Waals surface area contributed by atoms with Crippen LogP contribution < -0.4 is 10.2 Å². The van der Waals surface area contributed by atoms with E-state index >= 15 is 0 Å². The molecule has 0 heterocycles. The topological polar surface area (TPSA) is 81.2 Å². The van der Waals surface area contributed by atoms with Gasteiger partial charge < -0.3 is 4.74 Å². The maximum absolute atomic E-state index is 13.7. The second kappa shape index (κ2) is 5.89. The van der Waals surface area contributed by atoms with Crippen LogP contribution in [0.15, 0.2) is 17.2 Å². The molecule has 0 radical (unpaired) electrons. The Balaban J connectivity index is 3.31. The first-order valence-corrected chi connectivity index (χ1v) is 4.92. The summed E-state index contributed by atoms with van der Waals surface area (Å²) in [5, 5.41) is 20.0. The van der Waals surface area contributed by atoms with E-state index in [9.17, 15) is 17.6 Å². The van der Waals surface area contributed by atoms with Crippen molar-refractivity contribution in [2.24, 2.45) is 5.10 Å². The van der Waals surface area contributed by atoms with Crippen molar-refractivity contribution in [3.8, 4) is 17.9 Å². The summed E-state index contributed by atoms with van der Waals surface area (Å²) < 4.78 is 56.1. The average Bonchev–Trinajstić information content (AvgIpc) is 2.40. The minimum atomic E-state index is -4.92. The number of nitrogens with one attached hydrogen (secondary N) is 1. The number of benzene rings is 1. The number of alkyl halides is 3. The van der Waals surface area contributed by atoms with Crippen LogP contribution in [0, 0.1) is 28.5 Å². The van der Waals surface area contributed by atoms with E-state index in [1.165, 1.54) is 12.1 Å². The summed E-state index contributed by atoms with van der Waals surface area (Å²) >= 11 is 0. The van der Waals surface area contributed by atoms with Crippen LogP contribution in [0.3, 0.4) is 0 Å². The first-order chi connectivity index (χ1) is 9.33. The number of methoxy groups -OCH3 is 1. The Morgan fingerprint density at radius 1 is 1.30 bits per heavy atom. The fraction of sp³-hybridized carbons (Fsp3) is 0.182. The molecule has 104 valence electrons. The fourth-order valence-corrected chi connectivity index (χ4v) is 1.19. The van der Waals surface area contributed by atoms with E-state index in [2.05, 4.69) is 9.84 Å². The van der Waals surface area contributed by atoms with E-state index in [-0.39, 0.29) is 5.75 Å². The molecule has 0 saturated carbocycles. The van der Waals surface area contributed by atoms with Crippen molar-refractivity contribution in [1.29, 1.82) is 10.5 Å². The highest BCUT2D eigenvalue weighted by atomic mass is 19.4. The Hall–Kier alpha value is -2.81. The minimum absolute atomic E-state index is 0.258. The van der Waals surface area contributed by atoms with Crippen molar-refractivity contribution in [2.45, 2.75) is 6.18 Å². The lowest BCUT2D eigenvalue weighted by Crippen LogP contribution is -2.10. The predicted molar refractivity (Wildman–Crippen MR) is 60.2 cm³/mol. The third-order valence-corrected chi connectivity index (χ3v) is 2.09. The van der Waals surface area contributed by atoms with Crippen molar-refractivity contribution in [3.63, 3.8) is 0 Å². The van der Waals surface area contributed by atoms with Gasteiger partial charge in [0.15, 0.2) is 5.82 Å². The molecule has 0 aliphatic heterocycles. The van der Waals surface area contributed by atoms with Gasteiger partial charge in [0.1, 0.15) is 17.9 Å². The van der Waals surface area contributed by atoms with Crippen LogP contribution in [0.25, 0.3) is 0 Å². The van der Waals surface area contributed by atoms with Crippen LogP contribution in [-0.4, -0.2) is 12.8 Å². The number of rotatable bonds is 3. The molecule has 0 aromatic heterocycles. The highest BCUT2D eigenvalue weighted by molar-refractivity contribution is 6.10. The summed E-state index contributed by atoms with van der Waals surface area (Å²) in [6.07, 6.45) is -4.92. The molecular weight excluding hydrogens is 280 g/mol. The minimum Gasteiger partial charge on any atom is -0.497 e. The second-order valence-electron chi connectivity index (χ2n) is 3.33. The molecule has 1 aromatic carbocycles.